The van der Waals surface area contributed by atoms with Gasteiger partial charge in [-0.05, 0) is 24.3 Å². The Kier molecular flexibility index (Phi) is 3.20. The van der Waals surface area contributed by atoms with E-state index in [0.717, 1.165) is 17.4 Å². The number of furan rings is 1. The molecular weight excluding hydrogens is 260 g/mol. The molecule has 0 aromatic carbocycles. The van der Waals surface area contributed by atoms with Crippen molar-refractivity contribution in [2.45, 2.75) is 0 Å². The van der Waals surface area contributed by atoms with Crippen LogP contribution in [0.2, 0.25) is 0 Å². The Morgan fingerprint density at radius 1 is 1.22 bits per heavy atom. The summed E-state index contributed by atoms with van der Waals surface area (Å²) in [5.41, 5.74) is -0.283. The van der Waals surface area contributed by atoms with Gasteiger partial charge in [-0.25, -0.2) is 0 Å². The molecule has 0 aliphatic carbocycles. The molecule has 0 radical (unpaired) electrons. The Bertz CT molecular complexity index is 614. The highest BCUT2D eigenvalue weighted by atomic mass is 32.1. The summed E-state index contributed by atoms with van der Waals surface area (Å²) >= 11 is 0.749. The molecule has 0 aliphatic rings. The molecule has 0 saturated carbocycles. The summed E-state index contributed by atoms with van der Waals surface area (Å²) < 4.78 is 5.02. The van der Waals surface area contributed by atoms with E-state index in [-0.39, 0.29) is 15.6 Å². The van der Waals surface area contributed by atoms with E-state index in [1.165, 1.54) is 18.4 Å². The van der Waals surface area contributed by atoms with E-state index in [1.807, 2.05) is 0 Å². The molecule has 8 heteroatoms. The van der Waals surface area contributed by atoms with Crippen LogP contribution in [0.25, 0.3) is 12.2 Å². The molecule has 0 spiro atoms. The molecule has 2 aromatic heterocycles. The van der Waals surface area contributed by atoms with Crippen molar-refractivity contribution in [2.24, 2.45) is 0 Å². The van der Waals surface area contributed by atoms with Crippen LogP contribution in [0.15, 0.2) is 28.9 Å². The van der Waals surface area contributed by atoms with Crippen LogP contribution in [0.4, 0.5) is 10.7 Å². The predicted molar refractivity (Wildman–Crippen MR) is 65.3 cm³/mol. The van der Waals surface area contributed by atoms with Gasteiger partial charge in [-0.2, -0.15) is 0 Å². The lowest BCUT2D eigenvalue weighted by Gasteiger charge is -1.87. The average molecular weight is 266 g/mol. The molecule has 2 heterocycles. The van der Waals surface area contributed by atoms with Crippen LogP contribution in [0, 0.1) is 20.2 Å². The molecule has 7 nitrogen and oxygen atoms in total. The zero-order chi connectivity index (χ0) is 13.1. The summed E-state index contributed by atoms with van der Waals surface area (Å²) in [6.45, 7) is 0. The lowest BCUT2D eigenvalue weighted by Crippen LogP contribution is -1.86. The predicted octanol–water partition coefficient (Wildman–Crippen LogP) is 3.33. The first kappa shape index (κ1) is 12.0. The first-order valence-corrected chi connectivity index (χ1v) is 5.54. The number of thiophene rings is 1. The normalized spacial score (nSPS) is 10.9. The van der Waals surface area contributed by atoms with Gasteiger partial charge in [0.2, 0.25) is 0 Å². The van der Waals surface area contributed by atoms with E-state index < -0.39 is 9.85 Å². The molecule has 0 unspecified atom stereocenters. The van der Waals surface area contributed by atoms with Gasteiger partial charge in [0, 0.05) is 0 Å². The number of nitro groups is 2. The zero-order valence-electron chi connectivity index (χ0n) is 8.81. The van der Waals surface area contributed by atoms with E-state index in [1.54, 1.807) is 12.1 Å². The third-order valence-electron chi connectivity index (χ3n) is 2.05. The Balaban J connectivity index is 2.37. The van der Waals surface area contributed by atoms with E-state index in [0.29, 0.717) is 5.76 Å². The van der Waals surface area contributed by atoms with Crippen molar-refractivity contribution in [3.8, 4) is 0 Å². The van der Waals surface area contributed by atoms with Crippen molar-refractivity contribution in [1.29, 1.82) is 0 Å². The van der Waals surface area contributed by atoms with Crippen molar-refractivity contribution in [2.75, 3.05) is 0 Å². The SMILES string of the molecule is O=[N+]([O-])c1cc([N+](=O)[O-])c(/C=C/c2ccco2)s1. The number of hydrogen-bond acceptors (Lipinski definition) is 6. The van der Waals surface area contributed by atoms with Crippen molar-refractivity contribution in [3.63, 3.8) is 0 Å². The summed E-state index contributed by atoms with van der Waals surface area (Å²) in [6, 6.07) is 4.29. The Morgan fingerprint density at radius 2 is 2.00 bits per heavy atom. The standard InChI is InChI=1S/C10H6N2O5S/c13-11(14)8-6-10(12(15)16)18-9(8)4-3-7-2-1-5-17-7/h1-6H/b4-3+. The van der Waals surface area contributed by atoms with Gasteiger partial charge in [-0.1, -0.05) is 11.3 Å². The maximum atomic E-state index is 10.8. The summed E-state index contributed by atoms with van der Waals surface area (Å²) in [5.74, 6) is 0.514. The summed E-state index contributed by atoms with van der Waals surface area (Å²) in [7, 11) is 0. The monoisotopic (exact) mass is 266 g/mol. The third-order valence-corrected chi connectivity index (χ3v) is 3.09. The Hall–Kier alpha value is -2.48. The lowest BCUT2D eigenvalue weighted by atomic mass is 10.3. The van der Waals surface area contributed by atoms with Crippen LogP contribution in [0.3, 0.4) is 0 Å². The second kappa shape index (κ2) is 4.80. The smallest absolute Gasteiger partial charge is 0.331 e. The fraction of sp³-hybridized carbons (Fsp3) is 0. The van der Waals surface area contributed by atoms with Crippen LogP contribution >= 0.6 is 11.3 Å². The minimum absolute atomic E-state index is 0.211. The van der Waals surface area contributed by atoms with Gasteiger partial charge in [0.05, 0.1) is 16.1 Å². The highest BCUT2D eigenvalue weighted by Gasteiger charge is 2.23. The number of nitrogens with zero attached hydrogens (tertiary/aromatic N) is 2. The van der Waals surface area contributed by atoms with E-state index >= 15 is 0 Å². The van der Waals surface area contributed by atoms with Crippen molar-refractivity contribution in [1.82, 2.24) is 0 Å². The highest BCUT2D eigenvalue weighted by molar-refractivity contribution is 7.16. The van der Waals surface area contributed by atoms with Crippen molar-refractivity contribution in [3.05, 3.63) is 55.3 Å². The van der Waals surface area contributed by atoms with E-state index in [2.05, 4.69) is 0 Å². The number of rotatable bonds is 4. The lowest BCUT2D eigenvalue weighted by molar-refractivity contribution is -0.390. The number of hydrogen-bond donors (Lipinski definition) is 0. The third kappa shape index (κ3) is 2.43. The largest absolute Gasteiger partial charge is 0.465 e. The van der Waals surface area contributed by atoms with Crippen LogP contribution in [0.5, 0.6) is 0 Å². The molecule has 0 fully saturated rings. The maximum Gasteiger partial charge on any atom is 0.331 e. The quantitative estimate of drug-likeness (QED) is 0.624. The topological polar surface area (TPSA) is 99.4 Å². The molecule has 2 aromatic rings. The Labute approximate surface area is 104 Å². The van der Waals surface area contributed by atoms with E-state index in [4.69, 9.17) is 4.42 Å². The molecule has 0 amide bonds. The van der Waals surface area contributed by atoms with Crippen LogP contribution < -0.4 is 0 Å². The van der Waals surface area contributed by atoms with Gasteiger partial charge in [-0.3, -0.25) is 20.2 Å². The first-order valence-electron chi connectivity index (χ1n) is 4.72. The van der Waals surface area contributed by atoms with Gasteiger partial charge in [0.1, 0.15) is 16.7 Å². The fourth-order valence-electron chi connectivity index (χ4n) is 1.28. The molecule has 0 N–H and O–H groups in total. The van der Waals surface area contributed by atoms with Gasteiger partial charge in [-0.15, -0.1) is 0 Å². The molecule has 0 atom stereocenters. The molecule has 18 heavy (non-hydrogen) atoms. The van der Waals surface area contributed by atoms with Crippen molar-refractivity contribution < 1.29 is 14.3 Å². The van der Waals surface area contributed by atoms with Gasteiger partial charge >= 0.3 is 5.00 Å². The van der Waals surface area contributed by atoms with Gasteiger partial charge in [0.25, 0.3) is 5.69 Å². The zero-order valence-corrected chi connectivity index (χ0v) is 9.62. The van der Waals surface area contributed by atoms with Crippen LogP contribution in [-0.2, 0) is 0 Å². The van der Waals surface area contributed by atoms with E-state index in [9.17, 15) is 20.2 Å². The van der Waals surface area contributed by atoms with Crippen LogP contribution in [0.1, 0.15) is 10.6 Å². The highest BCUT2D eigenvalue weighted by Crippen LogP contribution is 2.35. The summed E-state index contributed by atoms with van der Waals surface area (Å²) in [4.78, 5) is 20.2. The van der Waals surface area contributed by atoms with Gasteiger partial charge in [0.15, 0.2) is 0 Å². The molecule has 0 bridgehead atoms. The molecule has 2 rings (SSSR count). The van der Waals surface area contributed by atoms with Crippen molar-refractivity contribution >= 4 is 34.2 Å². The molecule has 0 aliphatic heterocycles. The molecule has 0 saturated heterocycles. The maximum absolute atomic E-state index is 10.8. The fourth-order valence-corrected chi connectivity index (χ4v) is 2.12. The first-order chi connectivity index (χ1) is 8.58. The van der Waals surface area contributed by atoms with Crippen LogP contribution in [-0.4, -0.2) is 9.85 Å². The summed E-state index contributed by atoms with van der Waals surface area (Å²) in [5, 5.41) is 21.1. The molecule has 92 valence electrons. The van der Waals surface area contributed by atoms with Gasteiger partial charge < -0.3 is 4.42 Å². The minimum Gasteiger partial charge on any atom is -0.465 e. The second-order valence-electron chi connectivity index (χ2n) is 3.20. The minimum atomic E-state index is -0.651. The summed E-state index contributed by atoms with van der Waals surface area (Å²) in [6.07, 6.45) is 4.40. The Morgan fingerprint density at radius 3 is 2.56 bits per heavy atom. The second-order valence-corrected chi connectivity index (χ2v) is 4.26. The molecular formula is C10H6N2O5S. The average Bonchev–Trinajstić information content (AvgIpc) is 2.95.